The molecule has 8 heteroatoms. The minimum Gasteiger partial charge on any atom is -0.480 e. The van der Waals surface area contributed by atoms with Gasteiger partial charge < -0.3 is 20.1 Å². The first-order valence-electron chi connectivity index (χ1n) is 8.72. The van der Waals surface area contributed by atoms with Gasteiger partial charge in [-0.2, -0.15) is 0 Å². The number of hydrogen-bond acceptors (Lipinski definition) is 5. The van der Waals surface area contributed by atoms with Crippen molar-refractivity contribution in [1.29, 1.82) is 0 Å². The first kappa shape index (κ1) is 21.7. The Hall–Kier alpha value is -2.61. The fourth-order valence-corrected chi connectivity index (χ4v) is 2.74. The summed E-state index contributed by atoms with van der Waals surface area (Å²) in [6.45, 7) is 5.28. The van der Waals surface area contributed by atoms with Gasteiger partial charge in [0.2, 0.25) is 11.8 Å². The molecule has 0 spiro atoms. The predicted octanol–water partition coefficient (Wildman–Crippen LogP) is 3.93. The average Bonchev–Trinajstić information content (AvgIpc) is 2.60. The van der Waals surface area contributed by atoms with Gasteiger partial charge in [0.05, 0.1) is 7.11 Å². The number of halogens is 1. The standard InChI is InChI=1S/C20H24BrN3O4/c1-20(2,3)28-19(26)24-15(10-13-8-6-5-7-9-13)17(25)23-16-11-14(21)12-22-18(16)27-4/h5-9,11-12,15H,10H2,1-4H3,(H,23,25)(H,24,26)/t15-/m0/s1. The highest BCUT2D eigenvalue weighted by Gasteiger charge is 2.25. The van der Waals surface area contributed by atoms with E-state index in [2.05, 4.69) is 31.5 Å². The molecule has 28 heavy (non-hydrogen) atoms. The van der Waals surface area contributed by atoms with Crippen LogP contribution in [0.5, 0.6) is 5.88 Å². The lowest BCUT2D eigenvalue weighted by Gasteiger charge is -2.23. The summed E-state index contributed by atoms with van der Waals surface area (Å²) in [4.78, 5) is 29.3. The maximum atomic E-state index is 12.9. The van der Waals surface area contributed by atoms with Crippen molar-refractivity contribution in [3.05, 3.63) is 52.6 Å². The molecule has 1 heterocycles. The number of hydrogen-bond donors (Lipinski definition) is 2. The molecule has 0 bridgehead atoms. The molecule has 2 N–H and O–H groups in total. The Labute approximate surface area is 173 Å². The maximum absolute atomic E-state index is 12.9. The highest BCUT2D eigenvalue weighted by molar-refractivity contribution is 9.10. The van der Waals surface area contributed by atoms with Crippen LogP contribution >= 0.6 is 15.9 Å². The Morgan fingerprint density at radius 2 is 1.89 bits per heavy atom. The highest BCUT2D eigenvalue weighted by Crippen LogP contribution is 2.25. The van der Waals surface area contributed by atoms with Gasteiger partial charge in [-0.05, 0) is 48.3 Å². The van der Waals surface area contributed by atoms with E-state index in [1.54, 1.807) is 33.0 Å². The lowest BCUT2D eigenvalue weighted by atomic mass is 10.1. The zero-order chi connectivity index (χ0) is 20.7. The van der Waals surface area contributed by atoms with E-state index >= 15 is 0 Å². The minimum atomic E-state index is -0.846. The van der Waals surface area contributed by atoms with Gasteiger partial charge in [-0.3, -0.25) is 4.79 Å². The molecule has 0 saturated carbocycles. The number of rotatable bonds is 6. The van der Waals surface area contributed by atoms with E-state index in [1.165, 1.54) is 7.11 Å². The van der Waals surface area contributed by atoms with Crippen molar-refractivity contribution in [1.82, 2.24) is 10.3 Å². The fraction of sp³-hybridized carbons (Fsp3) is 0.350. The smallest absolute Gasteiger partial charge is 0.408 e. The van der Waals surface area contributed by atoms with Gasteiger partial charge in [-0.25, -0.2) is 9.78 Å². The Morgan fingerprint density at radius 1 is 1.21 bits per heavy atom. The quantitative estimate of drug-likeness (QED) is 0.696. The van der Waals surface area contributed by atoms with Crippen LogP contribution in [0.2, 0.25) is 0 Å². The molecule has 0 unspecified atom stereocenters. The molecular weight excluding hydrogens is 426 g/mol. The zero-order valence-electron chi connectivity index (χ0n) is 16.3. The van der Waals surface area contributed by atoms with Gasteiger partial charge in [0.1, 0.15) is 17.3 Å². The van der Waals surface area contributed by atoms with E-state index in [1.807, 2.05) is 30.3 Å². The topological polar surface area (TPSA) is 89.5 Å². The van der Waals surface area contributed by atoms with Crippen LogP contribution < -0.4 is 15.4 Å². The van der Waals surface area contributed by atoms with Gasteiger partial charge in [-0.1, -0.05) is 30.3 Å². The van der Waals surface area contributed by atoms with E-state index in [9.17, 15) is 9.59 Å². The van der Waals surface area contributed by atoms with Crippen molar-refractivity contribution < 1.29 is 19.1 Å². The number of aromatic nitrogens is 1. The van der Waals surface area contributed by atoms with Crippen molar-refractivity contribution in [3.63, 3.8) is 0 Å². The largest absolute Gasteiger partial charge is 0.480 e. The summed E-state index contributed by atoms with van der Waals surface area (Å²) in [5, 5.41) is 5.41. The van der Waals surface area contributed by atoms with Crippen molar-refractivity contribution in [2.45, 2.75) is 38.8 Å². The van der Waals surface area contributed by atoms with Crippen LogP contribution in [0, 0.1) is 0 Å². The number of nitrogens with zero attached hydrogens (tertiary/aromatic N) is 1. The number of methoxy groups -OCH3 is 1. The fourth-order valence-electron chi connectivity index (χ4n) is 2.41. The summed E-state index contributed by atoms with van der Waals surface area (Å²) in [5.41, 5.74) is 0.624. The average molecular weight is 450 g/mol. The van der Waals surface area contributed by atoms with Crippen LogP contribution in [0.4, 0.5) is 10.5 Å². The predicted molar refractivity (Wildman–Crippen MR) is 110 cm³/mol. The van der Waals surface area contributed by atoms with Crippen molar-refractivity contribution in [2.75, 3.05) is 12.4 Å². The molecule has 0 saturated heterocycles. The summed E-state index contributed by atoms with van der Waals surface area (Å²) in [6, 6.07) is 10.2. The van der Waals surface area contributed by atoms with E-state index < -0.39 is 23.6 Å². The number of nitrogens with one attached hydrogen (secondary N) is 2. The second-order valence-electron chi connectivity index (χ2n) is 7.09. The summed E-state index contributed by atoms with van der Waals surface area (Å²) in [7, 11) is 1.46. The molecule has 2 amide bonds. The van der Waals surface area contributed by atoms with Gasteiger partial charge in [-0.15, -0.1) is 0 Å². The molecule has 2 aromatic rings. The number of carbonyl (C=O) groups excluding carboxylic acids is 2. The minimum absolute atomic E-state index is 0.271. The second-order valence-corrected chi connectivity index (χ2v) is 8.00. The monoisotopic (exact) mass is 449 g/mol. The number of ether oxygens (including phenoxy) is 2. The SMILES string of the molecule is COc1ncc(Br)cc1NC(=O)[C@H](Cc1ccccc1)NC(=O)OC(C)(C)C. The van der Waals surface area contributed by atoms with Crippen molar-refractivity contribution in [3.8, 4) is 5.88 Å². The van der Waals surface area contributed by atoms with Crippen molar-refractivity contribution in [2.24, 2.45) is 0 Å². The van der Waals surface area contributed by atoms with Crippen LogP contribution in [0.1, 0.15) is 26.3 Å². The number of alkyl carbamates (subject to hydrolysis) is 1. The van der Waals surface area contributed by atoms with E-state index in [4.69, 9.17) is 9.47 Å². The van der Waals surface area contributed by atoms with E-state index in [0.717, 1.165) is 5.56 Å². The van der Waals surface area contributed by atoms with E-state index in [0.29, 0.717) is 16.6 Å². The maximum Gasteiger partial charge on any atom is 0.408 e. The first-order chi connectivity index (χ1) is 13.2. The highest BCUT2D eigenvalue weighted by atomic mass is 79.9. The van der Waals surface area contributed by atoms with Crippen LogP contribution in [-0.2, 0) is 16.0 Å². The number of anilines is 1. The molecule has 1 atom stereocenters. The Bertz CT molecular complexity index is 822. The van der Waals surface area contributed by atoms with Crippen LogP contribution in [0.15, 0.2) is 47.1 Å². The third-order valence-corrected chi connectivity index (χ3v) is 3.99. The summed E-state index contributed by atoms with van der Waals surface area (Å²) < 4.78 is 11.2. The van der Waals surface area contributed by atoms with Crippen LogP contribution in [0.3, 0.4) is 0 Å². The second kappa shape index (κ2) is 9.54. The van der Waals surface area contributed by atoms with Gasteiger partial charge in [0, 0.05) is 17.1 Å². The van der Waals surface area contributed by atoms with Crippen LogP contribution in [-0.4, -0.2) is 35.7 Å². The zero-order valence-corrected chi connectivity index (χ0v) is 17.9. The Kier molecular flexibility index (Phi) is 7.39. The molecule has 1 aromatic carbocycles. The number of benzene rings is 1. The molecule has 7 nitrogen and oxygen atoms in total. The number of carbonyl (C=O) groups is 2. The number of pyridine rings is 1. The van der Waals surface area contributed by atoms with Gasteiger partial charge >= 0.3 is 6.09 Å². The molecule has 0 fully saturated rings. The Morgan fingerprint density at radius 3 is 2.50 bits per heavy atom. The molecule has 0 aliphatic heterocycles. The summed E-state index contributed by atoms with van der Waals surface area (Å²) >= 11 is 3.32. The molecule has 150 valence electrons. The number of amides is 2. The molecule has 0 aliphatic rings. The Balaban J connectivity index is 2.21. The summed E-state index contributed by atoms with van der Waals surface area (Å²) in [6.07, 6.45) is 1.20. The summed E-state index contributed by atoms with van der Waals surface area (Å²) in [5.74, 6) is -0.139. The van der Waals surface area contributed by atoms with Crippen molar-refractivity contribution >= 4 is 33.6 Å². The molecule has 0 radical (unpaired) electrons. The molecular formula is C20H24BrN3O4. The molecule has 1 aromatic heterocycles. The lowest BCUT2D eigenvalue weighted by Crippen LogP contribution is -2.47. The van der Waals surface area contributed by atoms with Gasteiger partial charge in [0.15, 0.2) is 0 Å². The molecule has 0 aliphatic carbocycles. The first-order valence-corrected chi connectivity index (χ1v) is 9.51. The van der Waals surface area contributed by atoms with Crippen LogP contribution in [0.25, 0.3) is 0 Å². The normalized spacial score (nSPS) is 12.0. The van der Waals surface area contributed by atoms with E-state index in [-0.39, 0.29) is 5.88 Å². The third kappa shape index (κ3) is 6.84. The lowest BCUT2D eigenvalue weighted by molar-refractivity contribution is -0.118. The van der Waals surface area contributed by atoms with Gasteiger partial charge in [0.25, 0.3) is 0 Å². The third-order valence-electron chi connectivity index (χ3n) is 3.56. The molecule has 2 rings (SSSR count).